The summed E-state index contributed by atoms with van der Waals surface area (Å²) in [5.41, 5.74) is 6.59. The first-order chi connectivity index (χ1) is 10.3. The maximum atomic E-state index is 12.2. The fourth-order valence-electron chi connectivity index (χ4n) is 2.74. The Bertz CT molecular complexity index is 651. The van der Waals surface area contributed by atoms with Gasteiger partial charge in [-0.3, -0.25) is 4.79 Å². The van der Waals surface area contributed by atoms with Crippen molar-refractivity contribution in [1.29, 1.82) is 0 Å². The zero-order valence-electron chi connectivity index (χ0n) is 13.3. The number of halogens is 1. The highest BCUT2D eigenvalue weighted by atomic mass is 35.5. The molecule has 0 aromatic heterocycles. The molecular formula is C15H24ClN3O3S. The molecule has 0 heterocycles. The van der Waals surface area contributed by atoms with Gasteiger partial charge >= 0.3 is 0 Å². The van der Waals surface area contributed by atoms with Crippen LogP contribution in [0.3, 0.4) is 0 Å². The van der Waals surface area contributed by atoms with Gasteiger partial charge in [-0.25, -0.2) is 13.1 Å². The molecule has 2 rings (SSSR count). The van der Waals surface area contributed by atoms with E-state index in [-0.39, 0.29) is 41.2 Å². The van der Waals surface area contributed by atoms with Crippen LogP contribution < -0.4 is 15.8 Å². The minimum atomic E-state index is -3.48. The van der Waals surface area contributed by atoms with Gasteiger partial charge < -0.3 is 11.1 Å². The van der Waals surface area contributed by atoms with Crippen LogP contribution in [0.4, 0.5) is 0 Å². The molecule has 1 amide bonds. The molecule has 1 aromatic carbocycles. The fourth-order valence-corrected chi connectivity index (χ4v) is 3.52. The van der Waals surface area contributed by atoms with Gasteiger partial charge in [0.15, 0.2) is 0 Å². The molecule has 3 unspecified atom stereocenters. The summed E-state index contributed by atoms with van der Waals surface area (Å²) >= 11 is 0. The Morgan fingerprint density at radius 3 is 2.61 bits per heavy atom. The molecule has 1 aliphatic carbocycles. The molecule has 130 valence electrons. The Labute approximate surface area is 143 Å². The van der Waals surface area contributed by atoms with Crippen molar-refractivity contribution in [3.8, 4) is 0 Å². The summed E-state index contributed by atoms with van der Waals surface area (Å²) in [5.74, 6) is -0.0519. The Hall–Kier alpha value is -1.15. The first kappa shape index (κ1) is 19.9. The van der Waals surface area contributed by atoms with E-state index >= 15 is 0 Å². The molecule has 0 radical (unpaired) electrons. The molecule has 0 saturated heterocycles. The lowest BCUT2D eigenvalue weighted by Gasteiger charge is -2.18. The topological polar surface area (TPSA) is 101 Å². The number of rotatable bonds is 5. The molecule has 8 heteroatoms. The molecule has 1 saturated carbocycles. The fraction of sp³-hybridized carbons (Fsp3) is 0.533. The largest absolute Gasteiger partial charge is 0.349 e. The number of carbonyl (C=O) groups excluding carboxylic acids is 1. The zero-order chi connectivity index (χ0) is 16.3. The second kappa shape index (κ2) is 8.10. The van der Waals surface area contributed by atoms with Crippen LogP contribution in [0.1, 0.15) is 37.8 Å². The second-order valence-corrected chi connectivity index (χ2v) is 7.67. The van der Waals surface area contributed by atoms with Crippen molar-refractivity contribution in [3.05, 3.63) is 29.8 Å². The number of sulfonamides is 1. The van der Waals surface area contributed by atoms with Gasteiger partial charge in [0.2, 0.25) is 15.9 Å². The lowest BCUT2D eigenvalue weighted by atomic mass is 10.0. The first-order valence-corrected chi connectivity index (χ1v) is 8.91. The van der Waals surface area contributed by atoms with Crippen LogP contribution in [0.15, 0.2) is 29.2 Å². The van der Waals surface area contributed by atoms with Crippen LogP contribution in [0.25, 0.3) is 0 Å². The number of nitrogens with two attached hydrogens (primary N) is 1. The molecule has 0 aliphatic heterocycles. The second-order valence-electron chi connectivity index (χ2n) is 5.78. The quantitative estimate of drug-likeness (QED) is 0.736. The lowest BCUT2D eigenvalue weighted by molar-refractivity contribution is -0.125. The van der Waals surface area contributed by atoms with E-state index in [9.17, 15) is 13.2 Å². The Morgan fingerprint density at radius 1 is 1.35 bits per heavy atom. The highest BCUT2D eigenvalue weighted by molar-refractivity contribution is 7.89. The van der Waals surface area contributed by atoms with Gasteiger partial charge in [-0.2, -0.15) is 0 Å². The number of carbonyl (C=O) groups is 1. The highest BCUT2D eigenvalue weighted by Crippen LogP contribution is 2.25. The molecular weight excluding hydrogens is 338 g/mol. The normalized spacial score (nSPS) is 22.2. The Balaban J connectivity index is 0.00000264. The summed E-state index contributed by atoms with van der Waals surface area (Å²) in [7, 11) is -2.11. The van der Waals surface area contributed by atoms with Crippen LogP contribution in [-0.2, 0) is 14.8 Å². The number of hydrogen-bond acceptors (Lipinski definition) is 4. The van der Waals surface area contributed by atoms with Gasteiger partial charge in [-0.05, 0) is 50.9 Å². The summed E-state index contributed by atoms with van der Waals surface area (Å²) in [6, 6.07) is 6.44. The average molecular weight is 362 g/mol. The van der Waals surface area contributed by atoms with E-state index in [2.05, 4.69) is 10.0 Å². The van der Waals surface area contributed by atoms with E-state index < -0.39 is 10.0 Å². The molecule has 3 atom stereocenters. The third-order valence-corrected chi connectivity index (χ3v) is 5.55. The predicted molar refractivity (Wildman–Crippen MR) is 91.8 cm³/mol. The van der Waals surface area contributed by atoms with E-state index in [1.165, 1.54) is 13.1 Å². The molecule has 0 bridgehead atoms. The van der Waals surface area contributed by atoms with Crippen LogP contribution >= 0.6 is 12.4 Å². The first-order valence-electron chi connectivity index (χ1n) is 7.43. The maximum absolute atomic E-state index is 12.2. The number of nitrogens with one attached hydrogen (secondary N) is 2. The third kappa shape index (κ3) is 4.91. The van der Waals surface area contributed by atoms with E-state index in [0.29, 0.717) is 6.42 Å². The van der Waals surface area contributed by atoms with Crippen molar-refractivity contribution < 1.29 is 13.2 Å². The molecule has 6 nitrogen and oxygen atoms in total. The minimum Gasteiger partial charge on any atom is -0.349 e. The van der Waals surface area contributed by atoms with Gasteiger partial charge in [0.25, 0.3) is 0 Å². The van der Waals surface area contributed by atoms with Crippen LogP contribution in [0.5, 0.6) is 0 Å². The molecule has 1 fully saturated rings. The van der Waals surface area contributed by atoms with E-state index in [0.717, 1.165) is 18.4 Å². The van der Waals surface area contributed by atoms with Crippen molar-refractivity contribution in [1.82, 2.24) is 10.0 Å². The lowest BCUT2D eigenvalue weighted by Crippen LogP contribution is -2.32. The van der Waals surface area contributed by atoms with Gasteiger partial charge in [-0.15, -0.1) is 12.4 Å². The molecule has 4 N–H and O–H groups in total. The van der Waals surface area contributed by atoms with E-state index in [4.69, 9.17) is 5.73 Å². The molecule has 0 spiro atoms. The molecule has 1 aliphatic rings. The zero-order valence-corrected chi connectivity index (χ0v) is 14.9. The van der Waals surface area contributed by atoms with Crippen LogP contribution in [0, 0.1) is 5.92 Å². The average Bonchev–Trinajstić information content (AvgIpc) is 2.94. The van der Waals surface area contributed by atoms with Crippen molar-refractivity contribution in [2.75, 3.05) is 7.05 Å². The summed E-state index contributed by atoms with van der Waals surface area (Å²) in [4.78, 5) is 12.4. The summed E-state index contributed by atoms with van der Waals surface area (Å²) in [6.45, 7) is 1.85. The third-order valence-electron chi connectivity index (χ3n) is 4.14. The smallest absolute Gasteiger partial charge is 0.240 e. The minimum absolute atomic E-state index is 0. The van der Waals surface area contributed by atoms with Gasteiger partial charge in [-0.1, -0.05) is 12.1 Å². The van der Waals surface area contributed by atoms with Crippen molar-refractivity contribution >= 4 is 28.3 Å². The molecule has 1 aromatic rings. The summed E-state index contributed by atoms with van der Waals surface area (Å²) < 4.78 is 25.9. The predicted octanol–water partition coefficient (Wildman–Crippen LogP) is 1.32. The van der Waals surface area contributed by atoms with Crippen molar-refractivity contribution in [3.63, 3.8) is 0 Å². The number of hydrogen-bond donors (Lipinski definition) is 3. The summed E-state index contributed by atoms with van der Waals surface area (Å²) in [6.07, 6.45) is 2.41. The SMILES string of the molecule is CNS(=O)(=O)c1cccc(C(C)NC(=O)C2CCC(N)C2)c1.Cl. The highest BCUT2D eigenvalue weighted by Gasteiger charge is 2.28. The monoisotopic (exact) mass is 361 g/mol. The van der Waals surface area contributed by atoms with Crippen molar-refractivity contribution in [2.24, 2.45) is 11.7 Å². The standard InChI is InChI=1S/C15H23N3O3S.ClH/c1-10(18-15(19)12-6-7-13(16)8-12)11-4-3-5-14(9-11)22(20,21)17-2;/h3-5,9-10,12-13,17H,6-8,16H2,1-2H3,(H,18,19);1H. The van der Waals surface area contributed by atoms with Crippen LogP contribution in [0.2, 0.25) is 0 Å². The Morgan fingerprint density at radius 2 is 2.04 bits per heavy atom. The maximum Gasteiger partial charge on any atom is 0.240 e. The van der Waals surface area contributed by atoms with Crippen LogP contribution in [-0.4, -0.2) is 27.4 Å². The van der Waals surface area contributed by atoms with Gasteiger partial charge in [0.1, 0.15) is 0 Å². The van der Waals surface area contributed by atoms with E-state index in [1.807, 2.05) is 6.92 Å². The molecule has 23 heavy (non-hydrogen) atoms. The van der Waals surface area contributed by atoms with Gasteiger partial charge in [0.05, 0.1) is 10.9 Å². The number of benzene rings is 1. The van der Waals surface area contributed by atoms with E-state index in [1.54, 1.807) is 18.2 Å². The summed E-state index contributed by atoms with van der Waals surface area (Å²) in [5, 5.41) is 2.95. The Kier molecular flexibility index (Phi) is 7.01. The van der Waals surface area contributed by atoms with Crippen molar-refractivity contribution in [2.45, 2.75) is 43.2 Å². The van der Waals surface area contributed by atoms with Gasteiger partial charge in [0, 0.05) is 12.0 Å². The number of amides is 1.